The van der Waals surface area contributed by atoms with Gasteiger partial charge < -0.3 is 15.3 Å². The van der Waals surface area contributed by atoms with Crippen LogP contribution in [0.5, 0.6) is 0 Å². The van der Waals surface area contributed by atoms with Crippen LogP contribution in [-0.2, 0) is 14.4 Å². The fourth-order valence-corrected chi connectivity index (χ4v) is 3.02. The largest absolute Gasteiger partial charge is 0.480 e. The number of benzene rings is 1. The molecule has 1 aliphatic carbocycles. The van der Waals surface area contributed by atoms with Gasteiger partial charge in [0.25, 0.3) is 5.91 Å². The van der Waals surface area contributed by atoms with Gasteiger partial charge in [0.05, 0.1) is 0 Å². The molecule has 6 heteroatoms. The Morgan fingerprint density at radius 2 is 1.91 bits per heavy atom. The smallest absolute Gasteiger partial charge is 0.329 e. The highest BCUT2D eigenvalue weighted by Gasteiger charge is 2.44. The van der Waals surface area contributed by atoms with Gasteiger partial charge in [-0.1, -0.05) is 48.3 Å². The molecule has 1 unspecified atom stereocenters. The summed E-state index contributed by atoms with van der Waals surface area (Å²) >= 11 is 0. The van der Waals surface area contributed by atoms with Crippen LogP contribution in [0, 0.1) is 0 Å². The van der Waals surface area contributed by atoms with Crippen LogP contribution >= 0.6 is 0 Å². The molecule has 1 saturated carbocycles. The number of aliphatic carboxylic acids is 1. The Kier molecular flexibility index (Phi) is 3.83. The van der Waals surface area contributed by atoms with Crippen LogP contribution < -0.4 is 5.32 Å². The summed E-state index contributed by atoms with van der Waals surface area (Å²) < 4.78 is 0. The number of carbonyl (C=O) groups is 2. The number of carbonyl (C=O) groups excluding carboxylic acids is 1. The summed E-state index contributed by atoms with van der Waals surface area (Å²) in [4.78, 5) is 29.1. The van der Waals surface area contributed by atoms with Gasteiger partial charge in [-0.3, -0.25) is 4.79 Å². The first-order chi connectivity index (χ1) is 10.6. The van der Waals surface area contributed by atoms with Crippen LogP contribution in [0.15, 0.2) is 35.5 Å². The topological polar surface area (TPSA) is 88.0 Å². The Bertz CT molecular complexity index is 606. The van der Waals surface area contributed by atoms with Crippen LogP contribution in [0.1, 0.15) is 43.8 Å². The highest BCUT2D eigenvalue weighted by Crippen LogP contribution is 2.31. The van der Waals surface area contributed by atoms with Crippen LogP contribution in [0.25, 0.3) is 0 Å². The number of rotatable bonds is 4. The Balaban J connectivity index is 1.65. The number of hydrogen-bond acceptors (Lipinski definition) is 4. The van der Waals surface area contributed by atoms with Crippen molar-refractivity contribution >= 4 is 17.6 Å². The number of carboxylic acid groups (broad SMARTS) is 1. The molecular formula is C16H18N2O4. The minimum atomic E-state index is -1.15. The van der Waals surface area contributed by atoms with Crippen LogP contribution in [0.2, 0.25) is 0 Å². The number of carboxylic acids is 1. The van der Waals surface area contributed by atoms with Gasteiger partial charge in [-0.25, -0.2) is 4.79 Å². The normalized spacial score (nSPS) is 22.7. The van der Waals surface area contributed by atoms with Crippen molar-refractivity contribution in [3.8, 4) is 0 Å². The second-order valence-corrected chi connectivity index (χ2v) is 5.80. The maximum atomic E-state index is 12.3. The molecule has 0 aromatic heterocycles. The number of nitrogens with one attached hydrogen (secondary N) is 1. The molecule has 2 N–H and O–H groups in total. The van der Waals surface area contributed by atoms with Crippen molar-refractivity contribution in [2.24, 2.45) is 5.16 Å². The fraction of sp³-hybridized carbons (Fsp3) is 0.438. The third kappa shape index (κ3) is 2.68. The molecule has 22 heavy (non-hydrogen) atoms. The summed E-state index contributed by atoms with van der Waals surface area (Å²) in [6.45, 7) is 0. The molecule has 1 aromatic rings. The van der Waals surface area contributed by atoms with Crippen molar-refractivity contribution in [1.82, 2.24) is 5.32 Å². The van der Waals surface area contributed by atoms with E-state index >= 15 is 0 Å². The highest BCUT2D eigenvalue weighted by molar-refractivity contribution is 6.39. The van der Waals surface area contributed by atoms with Gasteiger partial charge in [0, 0.05) is 6.42 Å². The maximum absolute atomic E-state index is 12.3. The number of oxime groups is 1. The third-order valence-corrected chi connectivity index (χ3v) is 4.32. The Hall–Kier alpha value is -2.37. The first kappa shape index (κ1) is 14.6. The van der Waals surface area contributed by atoms with E-state index in [2.05, 4.69) is 10.5 Å². The number of nitrogens with zero attached hydrogens (tertiary/aromatic N) is 1. The summed E-state index contributed by atoms with van der Waals surface area (Å²) in [5.41, 5.74) is 0.0500. The summed E-state index contributed by atoms with van der Waals surface area (Å²) in [6, 6.07) is 9.53. The fourth-order valence-electron chi connectivity index (χ4n) is 3.02. The van der Waals surface area contributed by atoms with E-state index in [-0.39, 0.29) is 11.8 Å². The molecule has 1 aliphatic heterocycles. The Labute approximate surface area is 128 Å². The van der Waals surface area contributed by atoms with Gasteiger partial charge in [-0.2, -0.15) is 0 Å². The Morgan fingerprint density at radius 1 is 1.23 bits per heavy atom. The summed E-state index contributed by atoms with van der Waals surface area (Å²) in [6.07, 6.45) is 2.61. The molecule has 1 heterocycles. The van der Waals surface area contributed by atoms with Crippen LogP contribution in [0.3, 0.4) is 0 Å². The molecule has 0 bridgehead atoms. The molecule has 1 atom stereocenters. The zero-order valence-corrected chi connectivity index (χ0v) is 12.1. The lowest BCUT2D eigenvalue weighted by atomic mass is 9.97. The first-order valence-electron chi connectivity index (χ1n) is 7.44. The molecule has 0 saturated heterocycles. The molecular weight excluding hydrogens is 284 g/mol. The second-order valence-electron chi connectivity index (χ2n) is 5.80. The predicted molar refractivity (Wildman–Crippen MR) is 79.3 cm³/mol. The van der Waals surface area contributed by atoms with Gasteiger partial charge in [0.15, 0.2) is 6.10 Å². The first-order valence-corrected chi connectivity index (χ1v) is 7.44. The van der Waals surface area contributed by atoms with E-state index in [1.807, 2.05) is 30.3 Å². The van der Waals surface area contributed by atoms with Crippen molar-refractivity contribution in [3.05, 3.63) is 35.9 Å². The summed E-state index contributed by atoms with van der Waals surface area (Å²) in [5.74, 6) is -1.42. The molecule has 1 aromatic carbocycles. The SMILES string of the molecule is O=C(NC1(C(=O)O)CCCC1)C1=NOC(c2ccccc2)C1. The van der Waals surface area contributed by atoms with Gasteiger partial charge in [0.1, 0.15) is 11.3 Å². The van der Waals surface area contributed by atoms with Crippen molar-refractivity contribution in [1.29, 1.82) is 0 Å². The molecule has 2 aliphatic rings. The minimum absolute atomic E-state index is 0.251. The molecule has 116 valence electrons. The van der Waals surface area contributed by atoms with E-state index in [9.17, 15) is 14.7 Å². The van der Waals surface area contributed by atoms with Gasteiger partial charge in [-0.15, -0.1) is 0 Å². The summed E-state index contributed by atoms with van der Waals surface area (Å²) in [5, 5.41) is 15.9. The van der Waals surface area contributed by atoms with E-state index < -0.39 is 17.4 Å². The monoisotopic (exact) mass is 302 g/mol. The van der Waals surface area contributed by atoms with Crippen molar-refractivity contribution in [3.63, 3.8) is 0 Å². The average Bonchev–Trinajstić information content (AvgIpc) is 3.18. The zero-order valence-electron chi connectivity index (χ0n) is 12.1. The standard InChI is InChI=1S/C16H18N2O4/c19-14(17-16(15(20)21)8-4-5-9-16)12-10-13(22-18-12)11-6-2-1-3-7-11/h1-3,6-7,13H,4-5,8-10H2,(H,17,19)(H,20,21). The molecule has 0 spiro atoms. The maximum Gasteiger partial charge on any atom is 0.329 e. The number of hydrogen-bond donors (Lipinski definition) is 2. The molecule has 6 nitrogen and oxygen atoms in total. The third-order valence-electron chi connectivity index (χ3n) is 4.32. The van der Waals surface area contributed by atoms with Crippen LogP contribution in [-0.4, -0.2) is 28.2 Å². The lowest BCUT2D eigenvalue weighted by Gasteiger charge is -2.24. The number of amides is 1. The zero-order chi connectivity index (χ0) is 15.6. The van der Waals surface area contributed by atoms with Gasteiger partial charge in [0.2, 0.25) is 0 Å². The lowest BCUT2D eigenvalue weighted by molar-refractivity contribution is -0.146. The molecule has 3 rings (SSSR count). The van der Waals surface area contributed by atoms with E-state index in [0.29, 0.717) is 19.3 Å². The summed E-state index contributed by atoms with van der Waals surface area (Å²) in [7, 11) is 0. The van der Waals surface area contributed by atoms with Gasteiger partial charge in [-0.05, 0) is 18.4 Å². The van der Waals surface area contributed by atoms with Crippen molar-refractivity contribution in [2.45, 2.75) is 43.7 Å². The highest BCUT2D eigenvalue weighted by atomic mass is 16.6. The van der Waals surface area contributed by atoms with E-state index in [1.165, 1.54) is 0 Å². The minimum Gasteiger partial charge on any atom is -0.480 e. The van der Waals surface area contributed by atoms with E-state index in [0.717, 1.165) is 18.4 Å². The molecule has 0 radical (unpaired) electrons. The van der Waals surface area contributed by atoms with Crippen molar-refractivity contribution in [2.75, 3.05) is 0 Å². The molecule has 1 amide bonds. The average molecular weight is 302 g/mol. The van der Waals surface area contributed by atoms with Crippen molar-refractivity contribution < 1.29 is 19.5 Å². The Morgan fingerprint density at radius 3 is 2.55 bits per heavy atom. The van der Waals surface area contributed by atoms with E-state index in [1.54, 1.807) is 0 Å². The van der Waals surface area contributed by atoms with Crippen LogP contribution in [0.4, 0.5) is 0 Å². The predicted octanol–water partition coefficient (Wildman–Crippen LogP) is 2.02. The van der Waals surface area contributed by atoms with Gasteiger partial charge >= 0.3 is 5.97 Å². The quantitative estimate of drug-likeness (QED) is 0.890. The lowest BCUT2D eigenvalue weighted by Crippen LogP contribution is -2.54. The molecule has 1 fully saturated rings. The second kappa shape index (κ2) is 5.79. The van der Waals surface area contributed by atoms with E-state index in [4.69, 9.17) is 4.84 Å².